The van der Waals surface area contributed by atoms with Crippen molar-refractivity contribution in [2.75, 3.05) is 0 Å². The minimum absolute atomic E-state index is 0.00886. The van der Waals surface area contributed by atoms with Crippen molar-refractivity contribution < 1.29 is 22.5 Å². The first-order valence-electron chi connectivity index (χ1n) is 14.0. The number of alkyl halides is 3. The van der Waals surface area contributed by atoms with Crippen LogP contribution in [-0.4, -0.2) is 24.8 Å². The predicted molar refractivity (Wildman–Crippen MR) is 158 cm³/mol. The minimum atomic E-state index is -4.62. The van der Waals surface area contributed by atoms with Gasteiger partial charge in [-0.25, -0.2) is 18.6 Å². The van der Waals surface area contributed by atoms with E-state index in [1.54, 1.807) is 37.3 Å². The topological polar surface area (TPSA) is 89.5 Å². The smallest absolute Gasteiger partial charge is 0.274 e. The van der Waals surface area contributed by atoms with E-state index in [2.05, 4.69) is 18.1 Å². The number of halogens is 3. The number of rotatable bonds is 8. The normalized spacial score (nSPS) is 12.2. The minimum Gasteiger partial charge on any atom is -0.274 e. The van der Waals surface area contributed by atoms with Crippen molar-refractivity contribution in [3.8, 4) is 28.8 Å². The number of aryl methyl sites for hydroxylation is 1. The largest absolute Gasteiger partial charge is 0.416 e. The van der Waals surface area contributed by atoms with Crippen molar-refractivity contribution in [2.24, 2.45) is 7.05 Å². The molecule has 0 fully saturated rings. The molecule has 2 aromatic carbocycles. The summed E-state index contributed by atoms with van der Waals surface area (Å²) in [6.07, 6.45) is 2.05. The molecule has 44 heavy (non-hydrogen) atoms. The van der Waals surface area contributed by atoms with Gasteiger partial charge in [-0.15, -0.1) is 0 Å². The number of imidazole rings is 1. The molecule has 3 heterocycles. The van der Waals surface area contributed by atoms with E-state index in [0.29, 0.717) is 29.8 Å². The summed E-state index contributed by atoms with van der Waals surface area (Å²) in [6.45, 7) is 3.66. The number of hydrogen-bond acceptors (Lipinski definition) is 4. The number of carbonyl (C=O) groups excluding carboxylic acids is 1. The maximum Gasteiger partial charge on any atom is 0.416 e. The molecule has 1 unspecified atom stereocenters. The van der Waals surface area contributed by atoms with Gasteiger partial charge in [-0.05, 0) is 79.8 Å². The highest BCUT2D eigenvalue weighted by atomic mass is 19.4. The van der Waals surface area contributed by atoms with Gasteiger partial charge in [0, 0.05) is 18.6 Å². The van der Waals surface area contributed by atoms with Gasteiger partial charge in [0.2, 0.25) is 5.91 Å². The van der Waals surface area contributed by atoms with Crippen LogP contribution in [0.25, 0.3) is 22.8 Å². The number of carbonyl (C=O) groups is 1. The van der Waals surface area contributed by atoms with Crippen LogP contribution in [0.2, 0.25) is 0 Å². The molecule has 0 bridgehead atoms. The molecule has 8 nitrogen and oxygen atoms in total. The van der Waals surface area contributed by atoms with Gasteiger partial charge in [-0.1, -0.05) is 13.0 Å². The first-order chi connectivity index (χ1) is 21.0. The Morgan fingerprint density at radius 3 is 2.41 bits per heavy atom. The molecule has 0 radical (unpaired) electrons. The summed E-state index contributed by atoms with van der Waals surface area (Å²) in [4.78, 5) is 27.7. The van der Waals surface area contributed by atoms with Crippen molar-refractivity contribution in [3.63, 3.8) is 0 Å². The van der Waals surface area contributed by atoms with E-state index in [0.717, 1.165) is 26.8 Å². The van der Waals surface area contributed by atoms with E-state index in [1.165, 1.54) is 23.0 Å². The summed E-state index contributed by atoms with van der Waals surface area (Å²) >= 11 is 0. The Morgan fingerprint density at radius 1 is 1.05 bits per heavy atom. The van der Waals surface area contributed by atoms with Crippen molar-refractivity contribution >= 4 is 5.91 Å². The first kappa shape index (κ1) is 30.2. The van der Waals surface area contributed by atoms with Crippen molar-refractivity contribution in [3.05, 3.63) is 118 Å². The van der Waals surface area contributed by atoms with Gasteiger partial charge in [0.25, 0.3) is 0 Å². The summed E-state index contributed by atoms with van der Waals surface area (Å²) in [5.41, 5.74) is 1.37. The fraction of sp³-hybridized carbons (Fsp3) is 0.242. The number of nitriles is 1. The van der Waals surface area contributed by atoms with Crippen LogP contribution in [0.5, 0.6) is 0 Å². The van der Waals surface area contributed by atoms with Crippen LogP contribution < -0.4 is 10.3 Å². The van der Waals surface area contributed by atoms with Crippen LogP contribution in [0, 0.1) is 18.3 Å². The summed E-state index contributed by atoms with van der Waals surface area (Å²) < 4.78 is 46.4. The second-order valence-electron chi connectivity index (χ2n) is 10.7. The highest BCUT2D eigenvalue weighted by molar-refractivity contribution is 5.84. The van der Waals surface area contributed by atoms with Crippen LogP contribution in [-0.2, 0) is 13.2 Å². The SMILES string of the molecule is Cc1c(-c2ccnn2-c2ccc(C#N)cc2)n(C(=O)CCCC(C)c2cc[n+](C)cc2)c(=O)n1-c1cccc(C(F)(F)F)c1. The highest BCUT2D eigenvalue weighted by Gasteiger charge is 2.32. The molecule has 3 aromatic heterocycles. The van der Waals surface area contributed by atoms with Gasteiger partial charge in [0.15, 0.2) is 12.4 Å². The lowest BCUT2D eigenvalue weighted by molar-refractivity contribution is -0.671. The monoisotopic (exact) mass is 599 g/mol. The van der Waals surface area contributed by atoms with E-state index >= 15 is 0 Å². The third kappa shape index (κ3) is 5.97. The summed E-state index contributed by atoms with van der Waals surface area (Å²) in [6, 6.07) is 18.8. The molecule has 1 atom stereocenters. The Balaban J connectivity index is 1.57. The second-order valence-corrected chi connectivity index (χ2v) is 10.7. The van der Waals surface area contributed by atoms with Crippen molar-refractivity contribution in [2.45, 2.75) is 45.2 Å². The Morgan fingerprint density at radius 2 is 1.75 bits per heavy atom. The standard InChI is InChI=1S/C33H30F3N6O2/c1-22(25-15-18-39(3)19-16-25)6-4-9-30(43)41-31(29-14-17-38-42(29)27-12-10-24(21-37)11-13-27)23(2)40(32(41)44)28-8-5-7-26(20-28)33(34,35)36/h5,7-8,10-20,22H,4,6,9H2,1-3H3/q+1. The van der Waals surface area contributed by atoms with Crippen LogP contribution in [0.1, 0.15) is 59.3 Å². The number of hydrogen-bond donors (Lipinski definition) is 0. The molecular formula is C33H30F3N6O2+. The molecule has 5 aromatic rings. The van der Waals surface area contributed by atoms with Crippen LogP contribution in [0.4, 0.5) is 13.2 Å². The molecule has 0 saturated heterocycles. The first-order valence-corrected chi connectivity index (χ1v) is 14.0. The number of benzene rings is 2. The van der Waals surface area contributed by atoms with Gasteiger partial charge in [-0.2, -0.15) is 23.5 Å². The van der Waals surface area contributed by atoms with Crippen LogP contribution >= 0.6 is 0 Å². The highest BCUT2D eigenvalue weighted by Crippen LogP contribution is 2.32. The molecule has 0 amide bonds. The molecule has 224 valence electrons. The zero-order chi connectivity index (χ0) is 31.6. The zero-order valence-electron chi connectivity index (χ0n) is 24.4. The van der Waals surface area contributed by atoms with Crippen LogP contribution in [0.3, 0.4) is 0 Å². The third-order valence-electron chi connectivity index (χ3n) is 7.69. The lowest BCUT2D eigenvalue weighted by Gasteiger charge is -2.12. The number of pyridine rings is 1. The fourth-order valence-corrected chi connectivity index (χ4v) is 5.31. The van der Waals surface area contributed by atoms with Crippen molar-refractivity contribution in [1.29, 1.82) is 5.26 Å². The van der Waals surface area contributed by atoms with E-state index in [1.807, 2.05) is 36.1 Å². The van der Waals surface area contributed by atoms with E-state index in [-0.39, 0.29) is 29.4 Å². The second kappa shape index (κ2) is 12.2. The molecule has 0 spiro atoms. The van der Waals surface area contributed by atoms with E-state index in [4.69, 9.17) is 0 Å². The van der Waals surface area contributed by atoms with Gasteiger partial charge < -0.3 is 0 Å². The molecule has 0 aliphatic heterocycles. The third-order valence-corrected chi connectivity index (χ3v) is 7.69. The average molecular weight is 600 g/mol. The van der Waals surface area contributed by atoms with E-state index < -0.39 is 23.3 Å². The lowest BCUT2D eigenvalue weighted by atomic mass is 9.96. The molecule has 11 heteroatoms. The Bertz CT molecular complexity index is 1910. The predicted octanol–water partition coefficient (Wildman–Crippen LogP) is 6.13. The summed E-state index contributed by atoms with van der Waals surface area (Å²) in [5.74, 6) is -0.299. The zero-order valence-corrected chi connectivity index (χ0v) is 24.4. The molecule has 0 aliphatic carbocycles. The Kier molecular flexibility index (Phi) is 8.36. The van der Waals surface area contributed by atoms with Gasteiger partial charge >= 0.3 is 11.9 Å². The molecular weight excluding hydrogens is 569 g/mol. The molecule has 0 aliphatic rings. The molecule has 0 N–H and O–H groups in total. The number of nitrogens with zero attached hydrogens (tertiary/aromatic N) is 6. The average Bonchev–Trinajstić information content (AvgIpc) is 3.58. The Hall–Kier alpha value is -5.24. The quantitative estimate of drug-likeness (QED) is 0.201. The maximum atomic E-state index is 13.9. The van der Waals surface area contributed by atoms with Crippen LogP contribution in [0.15, 0.2) is 90.1 Å². The van der Waals surface area contributed by atoms with Gasteiger partial charge in [0.1, 0.15) is 7.05 Å². The molecule has 5 rings (SSSR count). The van der Waals surface area contributed by atoms with Crippen molar-refractivity contribution in [1.82, 2.24) is 18.9 Å². The fourth-order valence-electron chi connectivity index (χ4n) is 5.31. The molecule has 0 saturated carbocycles. The van der Waals surface area contributed by atoms with Gasteiger partial charge in [-0.3, -0.25) is 9.36 Å². The van der Waals surface area contributed by atoms with Gasteiger partial charge in [0.05, 0.1) is 51.8 Å². The summed E-state index contributed by atoms with van der Waals surface area (Å²) in [7, 11) is 1.93. The lowest BCUT2D eigenvalue weighted by Crippen LogP contribution is -2.29. The number of aromatic nitrogens is 5. The summed E-state index contributed by atoms with van der Waals surface area (Å²) in [5, 5.41) is 13.6. The maximum absolute atomic E-state index is 13.9. The van der Waals surface area contributed by atoms with E-state index in [9.17, 15) is 28.0 Å². The Labute approximate surface area is 251 Å².